The number of halogens is 1. The third-order valence-corrected chi connectivity index (χ3v) is 3.04. The van der Waals surface area contributed by atoms with Crippen LogP contribution in [0.4, 0.5) is 0 Å². The highest BCUT2D eigenvalue weighted by molar-refractivity contribution is 9.10. The fraction of sp³-hybridized carbons (Fsp3) is 0.143. The van der Waals surface area contributed by atoms with Crippen LogP contribution in [0.25, 0.3) is 0 Å². The van der Waals surface area contributed by atoms with Gasteiger partial charge in [0.15, 0.2) is 0 Å². The van der Waals surface area contributed by atoms with Crippen LogP contribution >= 0.6 is 15.9 Å². The first kappa shape index (κ1) is 13.5. The molecule has 1 amide bonds. The molecule has 1 heterocycles. The molecule has 0 saturated carbocycles. The number of amides is 1. The number of hydrogen-bond donors (Lipinski definition) is 1. The Morgan fingerprint density at radius 3 is 2.84 bits per heavy atom. The van der Waals surface area contributed by atoms with Gasteiger partial charge in [-0.3, -0.25) is 4.79 Å². The minimum Gasteiger partial charge on any atom is -0.481 e. The molecule has 0 aliphatic carbocycles. The summed E-state index contributed by atoms with van der Waals surface area (Å²) < 4.78 is 5.93. The van der Waals surface area contributed by atoms with Crippen LogP contribution in [0.3, 0.4) is 0 Å². The van der Waals surface area contributed by atoms with Crippen LogP contribution in [-0.2, 0) is 6.54 Å². The van der Waals surface area contributed by atoms with Gasteiger partial charge in [0.1, 0.15) is 0 Å². The number of carbonyl (C=O) groups excluding carboxylic acids is 1. The van der Waals surface area contributed by atoms with Crippen molar-refractivity contribution < 1.29 is 9.53 Å². The molecule has 1 N–H and O–H groups in total. The molecule has 4 nitrogen and oxygen atoms in total. The van der Waals surface area contributed by atoms with Gasteiger partial charge < -0.3 is 10.1 Å². The summed E-state index contributed by atoms with van der Waals surface area (Å²) in [6.07, 6.45) is 1.50. The third kappa shape index (κ3) is 3.79. The predicted octanol–water partition coefficient (Wildman–Crippen LogP) is 2.78. The first-order valence-corrected chi connectivity index (χ1v) is 6.51. The molecule has 0 saturated heterocycles. The lowest BCUT2D eigenvalue weighted by Crippen LogP contribution is -2.22. The number of nitrogens with one attached hydrogen (secondary N) is 1. The van der Waals surface area contributed by atoms with Gasteiger partial charge in [-0.25, -0.2) is 4.98 Å². The second-order valence-electron chi connectivity index (χ2n) is 3.90. The Morgan fingerprint density at radius 2 is 2.21 bits per heavy atom. The first-order valence-electron chi connectivity index (χ1n) is 5.72. The highest BCUT2D eigenvalue weighted by Crippen LogP contribution is 2.12. The van der Waals surface area contributed by atoms with Gasteiger partial charge >= 0.3 is 0 Å². The Bertz CT molecular complexity index is 570. The van der Waals surface area contributed by atoms with E-state index >= 15 is 0 Å². The fourth-order valence-electron chi connectivity index (χ4n) is 1.57. The number of ether oxygens (including phenoxy) is 1. The Balaban J connectivity index is 1.97. The van der Waals surface area contributed by atoms with Gasteiger partial charge in [0.2, 0.25) is 5.88 Å². The van der Waals surface area contributed by atoms with Crippen molar-refractivity contribution in [3.63, 3.8) is 0 Å². The summed E-state index contributed by atoms with van der Waals surface area (Å²) >= 11 is 3.39. The second kappa shape index (κ2) is 6.33. The number of benzene rings is 1. The van der Waals surface area contributed by atoms with Gasteiger partial charge in [0.25, 0.3) is 5.91 Å². The Labute approximate surface area is 119 Å². The summed E-state index contributed by atoms with van der Waals surface area (Å²) in [5, 5.41) is 2.84. The number of hydrogen-bond acceptors (Lipinski definition) is 3. The van der Waals surface area contributed by atoms with E-state index in [-0.39, 0.29) is 5.91 Å². The van der Waals surface area contributed by atoms with E-state index < -0.39 is 0 Å². The minimum absolute atomic E-state index is 0.157. The van der Waals surface area contributed by atoms with E-state index in [0.29, 0.717) is 18.0 Å². The molecule has 0 aliphatic rings. The standard InChI is InChI=1S/C14H13BrN2O2/c1-19-13-6-5-11(9-16-13)14(18)17-8-10-3-2-4-12(15)7-10/h2-7,9H,8H2,1H3,(H,17,18). The van der Waals surface area contributed by atoms with Crippen molar-refractivity contribution in [3.05, 3.63) is 58.2 Å². The molecule has 5 heteroatoms. The SMILES string of the molecule is COc1ccc(C(=O)NCc2cccc(Br)c2)cn1. The van der Waals surface area contributed by atoms with Crippen LogP contribution in [-0.4, -0.2) is 18.0 Å². The van der Waals surface area contributed by atoms with Gasteiger partial charge in [-0.2, -0.15) is 0 Å². The Hall–Kier alpha value is -1.88. The summed E-state index contributed by atoms with van der Waals surface area (Å²) in [5.41, 5.74) is 1.54. The average molecular weight is 321 g/mol. The molecule has 19 heavy (non-hydrogen) atoms. The summed E-state index contributed by atoms with van der Waals surface area (Å²) in [7, 11) is 1.54. The molecule has 0 aliphatic heterocycles. The molecule has 0 bridgehead atoms. The average Bonchev–Trinajstić information content (AvgIpc) is 2.45. The van der Waals surface area contributed by atoms with Crippen molar-refractivity contribution in [2.24, 2.45) is 0 Å². The molecule has 0 spiro atoms. The number of carbonyl (C=O) groups is 1. The summed E-state index contributed by atoms with van der Waals surface area (Å²) in [5.74, 6) is 0.332. The van der Waals surface area contributed by atoms with Crippen molar-refractivity contribution >= 4 is 21.8 Å². The van der Waals surface area contributed by atoms with Crippen molar-refractivity contribution in [2.45, 2.75) is 6.54 Å². The van der Waals surface area contributed by atoms with Gasteiger partial charge in [0.05, 0.1) is 12.7 Å². The number of pyridine rings is 1. The molecule has 0 fully saturated rings. The Morgan fingerprint density at radius 1 is 1.37 bits per heavy atom. The smallest absolute Gasteiger partial charge is 0.253 e. The monoisotopic (exact) mass is 320 g/mol. The summed E-state index contributed by atoms with van der Waals surface area (Å²) in [6.45, 7) is 0.476. The fourth-order valence-corrected chi connectivity index (χ4v) is 2.01. The van der Waals surface area contributed by atoms with Crippen molar-refractivity contribution in [1.29, 1.82) is 0 Å². The molecule has 2 aromatic rings. The van der Waals surface area contributed by atoms with Crippen LogP contribution < -0.4 is 10.1 Å². The van der Waals surface area contributed by atoms with E-state index in [2.05, 4.69) is 26.2 Å². The third-order valence-electron chi connectivity index (χ3n) is 2.55. The van der Waals surface area contributed by atoms with Crippen LogP contribution in [0, 0.1) is 0 Å². The van der Waals surface area contributed by atoms with Crippen LogP contribution in [0.2, 0.25) is 0 Å². The number of methoxy groups -OCH3 is 1. The van der Waals surface area contributed by atoms with Crippen molar-refractivity contribution in [2.75, 3.05) is 7.11 Å². The molecule has 0 unspecified atom stereocenters. The van der Waals surface area contributed by atoms with Gasteiger partial charge in [-0.05, 0) is 23.8 Å². The van der Waals surface area contributed by atoms with Gasteiger partial charge in [0, 0.05) is 23.3 Å². The molecule has 1 aromatic heterocycles. The van der Waals surface area contributed by atoms with E-state index in [1.165, 1.54) is 13.3 Å². The van der Waals surface area contributed by atoms with Gasteiger partial charge in [-0.15, -0.1) is 0 Å². The first-order chi connectivity index (χ1) is 9.19. The van der Waals surface area contributed by atoms with E-state index in [9.17, 15) is 4.79 Å². The van der Waals surface area contributed by atoms with E-state index in [4.69, 9.17) is 4.74 Å². The summed E-state index contributed by atoms with van der Waals surface area (Å²) in [6, 6.07) is 11.1. The molecule has 2 rings (SSSR count). The second-order valence-corrected chi connectivity index (χ2v) is 4.82. The molecule has 0 radical (unpaired) electrons. The quantitative estimate of drug-likeness (QED) is 0.942. The Kier molecular flexibility index (Phi) is 4.52. The molecular formula is C14H13BrN2O2. The molecular weight excluding hydrogens is 308 g/mol. The lowest BCUT2D eigenvalue weighted by Gasteiger charge is -2.06. The van der Waals surface area contributed by atoms with E-state index in [1.807, 2.05) is 24.3 Å². The minimum atomic E-state index is -0.157. The predicted molar refractivity (Wildman–Crippen MR) is 76.1 cm³/mol. The summed E-state index contributed by atoms with van der Waals surface area (Å²) in [4.78, 5) is 15.9. The number of nitrogens with zero attached hydrogens (tertiary/aromatic N) is 1. The maximum atomic E-state index is 11.9. The largest absolute Gasteiger partial charge is 0.481 e. The zero-order valence-electron chi connectivity index (χ0n) is 10.4. The molecule has 0 atom stereocenters. The highest BCUT2D eigenvalue weighted by atomic mass is 79.9. The van der Waals surface area contributed by atoms with Crippen LogP contribution in [0.15, 0.2) is 47.1 Å². The number of rotatable bonds is 4. The topological polar surface area (TPSA) is 51.2 Å². The van der Waals surface area contributed by atoms with E-state index in [0.717, 1.165) is 10.0 Å². The van der Waals surface area contributed by atoms with E-state index in [1.54, 1.807) is 12.1 Å². The lowest BCUT2D eigenvalue weighted by molar-refractivity contribution is 0.0950. The molecule has 98 valence electrons. The number of aromatic nitrogens is 1. The normalized spacial score (nSPS) is 10.0. The lowest BCUT2D eigenvalue weighted by atomic mass is 10.2. The maximum absolute atomic E-state index is 11.9. The van der Waals surface area contributed by atoms with Crippen LogP contribution in [0.5, 0.6) is 5.88 Å². The van der Waals surface area contributed by atoms with Crippen LogP contribution in [0.1, 0.15) is 15.9 Å². The molecule has 1 aromatic carbocycles. The van der Waals surface area contributed by atoms with Gasteiger partial charge in [-0.1, -0.05) is 28.1 Å². The van der Waals surface area contributed by atoms with Crippen molar-refractivity contribution in [3.8, 4) is 5.88 Å². The zero-order chi connectivity index (χ0) is 13.7. The van der Waals surface area contributed by atoms with Crippen molar-refractivity contribution in [1.82, 2.24) is 10.3 Å². The highest BCUT2D eigenvalue weighted by Gasteiger charge is 2.06. The maximum Gasteiger partial charge on any atom is 0.253 e. The zero-order valence-corrected chi connectivity index (χ0v) is 12.0.